The van der Waals surface area contributed by atoms with Gasteiger partial charge in [-0.1, -0.05) is 23.8 Å². The number of hydrogen-bond acceptors (Lipinski definition) is 4. The lowest BCUT2D eigenvalue weighted by Crippen LogP contribution is -2.49. The maximum absolute atomic E-state index is 13.8. The lowest BCUT2D eigenvalue weighted by atomic mass is 9.82. The number of hydrogen-bond donors (Lipinski definition) is 1. The molecule has 1 amide bonds. The average Bonchev–Trinajstić information content (AvgIpc) is 3.05. The quantitative estimate of drug-likeness (QED) is 0.752. The van der Waals surface area contributed by atoms with E-state index in [1.54, 1.807) is 6.07 Å². The predicted molar refractivity (Wildman–Crippen MR) is 100.0 cm³/mol. The first kappa shape index (κ1) is 17.1. The van der Waals surface area contributed by atoms with Gasteiger partial charge in [0.1, 0.15) is 11.5 Å². The third-order valence-electron chi connectivity index (χ3n) is 4.92. The smallest absolute Gasteiger partial charge is 0.272 e. The summed E-state index contributed by atoms with van der Waals surface area (Å²) in [7, 11) is 0. The molecule has 0 unspecified atom stereocenters. The third-order valence-corrected chi connectivity index (χ3v) is 5.74. The molecule has 6 heteroatoms. The number of amides is 1. The number of carbonyl (C=O) groups is 1. The number of aromatic nitrogens is 1. The van der Waals surface area contributed by atoms with Crippen LogP contribution in [0.2, 0.25) is 0 Å². The normalized spacial score (nSPS) is 16.5. The van der Waals surface area contributed by atoms with Gasteiger partial charge in [-0.15, -0.1) is 0 Å². The molecule has 4 nitrogen and oxygen atoms in total. The Labute approximate surface area is 155 Å². The minimum atomic E-state index is -0.642. The number of halogens is 1. The number of fused-ring (bicyclic) bond motifs is 1. The summed E-state index contributed by atoms with van der Waals surface area (Å²) in [6, 6.07) is 12.4. The second-order valence-corrected chi connectivity index (χ2v) is 7.49. The second kappa shape index (κ2) is 6.78. The monoisotopic (exact) mass is 370 g/mol. The van der Waals surface area contributed by atoms with Crippen molar-refractivity contribution >= 4 is 27.5 Å². The van der Waals surface area contributed by atoms with Crippen LogP contribution in [0, 0.1) is 12.7 Å². The molecule has 1 N–H and O–H groups in total. The molecule has 4 rings (SSSR count). The highest BCUT2D eigenvalue weighted by molar-refractivity contribution is 7.13. The summed E-state index contributed by atoms with van der Waals surface area (Å²) in [5, 5.41) is 4.00. The van der Waals surface area contributed by atoms with Crippen molar-refractivity contribution in [1.29, 1.82) is 0 Å². The molecule has 0 atom stereocenters. The number of ether oxygens (including phenoxy) is 1. The van der Waals surface area contributed by atoms with Crippen molar-refractivity contribution in [2.24, 2.45) is 0 Å². The van der Waals surface area contributed by atoms with Gasteiger partial charge in [0.25, 0.3) is 5.91 Å². The molecule has 1 saturated heterocycles. The van der Waals surface area contributed by atoms with Crippen LogP contribution in [0.4, 0.5) is 4.39 Å². The Balaban J connectivity index is 1.71. The topological polar surface area (TPSA) is 51.2 Å². The van der Waals surface area contributed by atoms with Crippen molar-refractivity contribution in [2.75, 3.05) is 13.2 Å². The van der Waals surface area contributed by atoms with Gasteiger partial charge in [0.15, 0.2) is 0 Å². The van der Waals surface area contributed by atoms with E-state index in [9.17, 15) is 9.18 Å². The number of carbonyl (C=O) groups excluding carboxylic acids is 1. The van der Waals surface area contributed by atoms with Gasteiger partial charge < -0.3 is 10.1 Å². The number of nitrogens with zero attached hydrogens (tertiary/aromatic N) is 1. The first-order chi connectivity index (χ1) is 12.6. The van der Waals surface area contributed by atoms with E-state index in [1.165, 1.54) is 23.7 Å². The maximum Gasteiger partial charge on any atom is 0.272 e. The summed E-state index contributed by atoms with van der Waals surface area (Å²) >= 11 is 1.31. The van der Waals surface area contributed by atoms with E-state index in [4.69, 9.17) is 4.74 Å². The van der Waals surface area contributed by atoms with E-state index in [0.717, 1.165) is 21.2 Å². The molecule has 134 valence electrons. The fourth-order valence-corrected chi connectivity index (χ4v) is 4.24. The number of aryl methyl sites for hydroxylation is 1. The molecule has 1 aliphatic heterocycles. The fourth-order valence-electron chi connectivity index (χ4n) is 3.48. The van der Waals surface area contributed by atoms with E-state index < -0.39 is 5.54 Å². The fraction of sp³-hybridized carbons (Fsp3) is 0.300. The second-order valence-electron chi connectivity index (χ2n) is 6.69. The molecule has 26 heavy (non-hydrogen) atoms. The summed E-state index contributed by atoms with van der Waals surface area (Å²) in [5.74, 6) is -0.537. The Morgan fingerprint density at radius 1 is 1.23 bits per heavy atom. The van der Waals surface area contributed by atoms with E-state index in [-0.39, 0.29) is 11.7 Å². The molecule has 1 aromatic heterocycles. The van der Waals surface area contributed by atoms with Crippen LogP contribution >= 0.6 is 11.5 Å². The van der Waals surface area contributed by atoms with Gasteiger partial charge in [0.05, 0.1) is 10.2 Å². The van der Waals surface area contributed by atoms with Crippen LogP contribution < -0.4 is 5.32 Å². The molecular formula is C20H19FN2O2S. The summed E-state index contributed by atoms with van der Waals surface area (Å²) < 4.78 is 24.6. The van der Waals surface area contributed by atoms with Crippen LogP contribution in [0.1, 0.15) is 34.5 Å². The van der Waals surface area contributed by atoms with Crippen molar-refractivity contribution in [3.8, 4) is 0 Å². The SMILES string of the molecule is Cc1ccc2snc(C(=O)NC3(c4cccc(F)c4)CCOCC3)c2c1. The first-order valence-corrected chi connectivity index (χ1v) is 9.37. The van der Waals surface area contributed by atoms with E-state index in [1.807, 2.05) is 31.2 Å². The Morgan fingerprint density at radius 3 is 2.81 bits per heavy atom. The van der Waals surface area contributed by atoms with Crippen molar-refractivity contribution < 1.29 is 13.9 Å². The molecule has 1 fully saturated rings. The Bertz CT molecular complexity index is 963. The van der Waals surface area contributed by atoms with Crippen molar-refractivity contribution in [3.63, 3.8) is 0 Å². The van der Waals surface area contributed by atoms with E-state index >= 15 is 0 Å². The summed E-state index contributed by atoms with van der Waals surface area (Å²) in [6.45, 7) is 3.03. The minimum Gasteiger partial charge on any atom is -0.381 e. The molecule has 2 aromatic carbocycles. The van der Waals surface area contributed by atoms with Gasteiger partial charge in [-0.3, -0.25) is 4.79 Å². The maximum atomic E-state index is 13.8. The molecule has 3 aromatic rings. The summed E-state index contributed by atoms with van der Waals surface area (Å²) in [4.78, 5) is 13.1. The number of rotatable bonds is 3. The van der Waals surface area contributed by atoms with Crippen LogP contribution in [0.5, 0.6) is 0 Å². The summed E-state index contributed by atoms with van der Waals surface area (Å²) in [5.41, 5.74) is 1.63. The van der Waals surface area contributed by atoms with Crippen molar-refractivity contribution in [2.45, 2.75) is 25.3 Å². The lowest BCUT2D eigenvalue weighted by molar-refractivity contribution is 0.0343. The standard InChI is InChI=1S/C20H19FN2O2S/c1-13-5-6-17-16(11-13)18(23-26-17)19(24)22-20(7-9-25-10-8-20)14-3-2-4-15(21)12-14/h2-6,11-12H,7-10H2,1H3,(H,22,24). The molecule has 0 spiro atoms. The Hall–Kier alpha value is -2.31. The minimum absolute atomic E-state index is 0.229. The predicted octanol–water partition coefficient (Wildman–Crippen LogP) is 4.18. The van der Waals surface area contributed by atoms with Gasteiger partial charge in [0, 0.05) is 18.6 Å². The molecule has 0 aliphatic carbocycles. The number of benzene rings is 2. The zero-order valence-corrected chi connectivity index (χ0v) is 15.2. The van der Waals surface area contributed by atoms with E-state index in [2.05, 4.69) is 9.69 Å². The zero-order valence-electron chi connectivity index (χ0n) is 14.4. The lowest BCUT2D eigenvalue weighted by Gasteiger charge is -2.38. The Morgan fingerprint density at radius 2 is 2.04 bits per heavy atom. The van der Waals surface area contributed by atoms with Gasteiger partial charge in [0.2, 0.25) is 0 Å². The highest BCUT2D eigenvalue weighted by atomic mass is 32.1. The van der Waals surface area contributed by atoms with E-state index in [0.29, 0.717) is 31.7 Å². The average molecular weight is 370 g/mol. The molecule has 0 radical (unpaired) electrons. The molecule has 2 heterocycles. The molecule has 0 bridgehead atoms. The zero-order chi connectivity index (χ0) is 18.1. The van der Waals surface area contributed by atoms with Gasteiger partial charge >= 0.3 is 0 Å². The molecular weight excluding hydrogens is 351 g/mol. The molecule has 1 aliphatic rings. The highest BCUT2D eigenvalue weighted by Gasteiger charge is 2.37. The van der Waals surface area contributed by atoms with Gasteiger partial charge in [-0.05, 0) is 61.1 Å². The van der Waals surface area contributed by atoms with Crippen LogP contribution in [0.25, 0.3) is 10.1 Å². The summed E-state index contributed by atoms with van der Waals surface area (Å²) in [6.07, 6.45) is 1.20. The molecule has 0 saturated carbocycles. The third kappa shape index (κ3) is 3.10. The number of nitrogens with one attached hydrogen (secondary N) is 1. The van der Waals surface area contributed by atoms with Crippen LogP contribution in [0.3, 0.4) is 0 Å². The largest absolute Gasteiger partial charge is 0.381 e. The van der Waals surface area contributed by atoms with Gasteiger partial charge in [-0.2, -0.15) is 4.37 Å². The van der Waals surface area contributed by atoms with Crippen LogP contribution in [-0.4, -0.2) is 23.5 Å². The van der Waals surface area contributed by atoms with Crippen molar-refractivity contribution in [3.05, 3.63) is 65.1 Å². The highest BCUT2D eigenvalue weighted by Crippen LogP contribution is 2.33. The van der Waals surface area contributed by atoms with Crippen molar-refractivity contribution in [1.82, 2.24) is 9.69 Å². The van der Waals surface area contributed by atoms with Gasteiger partial charge in [-0.25, -0.2) is 4.39 Å². The first-order valence-electron chi connectivity index (χ1n) is 8.60. The van der Waals surface area contributed by atoms with Crippen LogP contribution in [-0.2, 0) is 10.3 Å². The van der Waals surface area contributed by atoms with Crippen LogP contribution in [0.15, 0.2) is 42.5 Å². The Kier molecular flexibility index (Phi) is 4.46.